The number of esters is 1. The minimum Gasteiger partial charge on any atom is -0.469 e. The second-order valence-electron chi connectivity index (χ2n) is 10.6. The Labute approximate surface area is 223 Å². The summed E-state index contributed by atoms with van der Waals surface area (Å²) in [4.78, 5) is 64.4. The molecule has 3 atom stereocenters. The molecule has 0 bridgehead atoms. The Morgan fingerprint density at radius 2 is 1.84 bits per heavy atom. The van der Waals surface area contributed by atoms with Gasteiger partial charge in [-0.15, -0.1) is 0 Å². The Bertz CT molecular complexity index is 1050. The Balaban J connectivity index is 1.63. The van der Waals surface area contributed by atoms with Crippen molar-refractivity contribution < 1.29 is 33.4 Å². The number of nitrogens with zero attached hydrogens (tertiary/aromatic N) is 1. The quantitative estimate of drug-likeness (QED) is 0.413. The fourth-order valence-electron chi connectivity index (χ4n) is 4.78. The van der Waals surface area contributed by atoms with Crippen molar-refractivity contribution in [1.82, 2.24) is 20.9 Å². The highest BCUT2D eigenvalue weighted by Crippen LogP contribution is 2.30. The lowest BCUT2D eigenvalue weighted by Gasteiger charge is -2.27. The molecule has 11 nitrogen and oxygen atoms in total. The van der Waals surface area contributed by atoms with Crippen LogP contribution in [0, 0.1) is 0 Å². The summed E-state index contributed by atoms with van der Waals surface area (Å²) in [6, 6.07) is 5.93. The molecule has 4 amide bonds. The van der Waals surface area contributed by atoms with Gasteiger partial charge >= 0.3 is 12.1 Å². The first-order valence-electron chi connectivity index (χ1n) is 13.0. The van der Waals surface area contributed by atoms with E-state index in [1.165, 1.54) is 17.6 Å². The Morgan fingerprint density at radius 3 is 2.55 bits per heavy atom. The lowest BCUT2D eigenvalue weighted by molar-refractivity contribution is -0.141. The number of methoxy groups -OCH3 is 1. The molecule has 2 aliphatic rings. The van der Waals surface area contributed by atoms with Crippen molar-refractivity contribution in [2.45, 2.75) is 83.0 Å². The van der Waals surface area contributed by atoms with Gasteiger partial charge in [-0.2, -0.15) is 0 Å². The number of carbonyl (C=O) groups is 5. The number of carbonyl (C=O) groups excluding carboxylic acids is 5. The molecule has 1 aromatic carbocycles. The molecule has 3 rings (SSSR count). The van der Waals surface area contributed by atoms with E-state index in [2.05, 4.69) is 16.0 Å². The molecule has 1 saturated heterocycles. The van der Waals surface area contributed by atoms with Gasteiger partial charge in [-0.05, 0) is 64.0 Å². The van der Waals surface area contributed by atoms with Gasteiger partial charge in [-0.25, -0.2) is 4.79 Å². The fraction of sp³-hybridized carbons (Fsp3) is 0.593. The van der Waals surface area contributed by atoms with E-state index in [0.29, 0.717) is 19.4 Å². The minimum atomic E-state index is -0.980. The zero-order valence-corrected chi connectivity index (χ0v) is 22.5. The van der Waals surface area contributed by atoms with E-state index in [1.807, 2.05) is 24.3 Å². The number of benzene rings is 1. The number of amides is 4. The first-order valence-corrected chi connectivity index (χ1v) is 13.0. The summed E-state index contributed by atoms with van der Waals surface area (Å²) in [6.07, 6.45) is 1.90. The van der Waals surface area contributed by atoms with E-state index in [9.17, 15) is 24.0 Å². The van der Waals surface area contributed by atoms with Gasteiger partial charge in [0.1, 0.15) is 24.2 Å². The van der Waals surface area contributed by atoms with Crippen LogP contribution in [-0.4, -0.2) is 72.6 Å². The summed E-state index contributed by atoms with van der Waals surface area (Å²) in [5, 5.41) is 8.19. The summed E-state index contributed by atoms with van der Waals surface area (Å²) < 4.78 is 9.86. The van der Waals surface area contributed by atoms with Crippen LogP contribution in [0.25, 0.3) is 0 Å². The van der Waals surface area contributed by atoms with E-state index in [4.69, 9.17) is 9.47 Å². The van der Waals surface area contributed by atoms with E-state index >= 15 is 0 Å². The van der Waals surface area contributed by atoms with Gasteiger partial charge in [0.2, 0.25) is 17.7 Å². The third-order valence-electron chi connectivity index (χ3n) is 6.61. The monoisotopic (exact) mass is 530 g/mol. The number of ether oxygens (including phenoxy) is 2. The van der Waals surface area contributed by atoms with Crippen molar-refractivity contribution in [3.05, 3.63) is 35.4 Å². The predicted molar refractivity (Wildman–Crippen MR) is 138 cm³/mol. The van der Waals surface area contributed by atoms with Gasteiger partial charge in [0.15, 0.2) is 0 Å². The van der Waals surface area contributed by atoms with Crippen molar-refractivity contribution in [2.75, 3.05) is 20.2 Å². The van der Waals surface area contributed by atoms with Crippen molar-refractivity contribution in [3.63, 3.8) is 0 Å². The molecule has 1 heterocycles. The van der Waals surface area contributed by atoms with Crippen LogP contribution in [0.2, 0.25) is 0 Å². The topological polar surface area (TPSA) is 143 Å². The minimum absolute atomic E-state index is 0.0523. The number of likely N-dealkylation sites (tertiary alicyclic amines) is 1. The predicted octanol–water partition coefficient (Wildman–Crippen LogP) is 1.74. The molecule has 0 saturated carbocycles. The largest absolute Gasteiger partial charge is 0.469 e. The summed E-state index contributed by atoms with van der Waals surface area (Å²) >= 11 is 0. The van der Waals surface area contributed by atoms with Crippen LogP contribution in [-0.2, 0) is 35.1 Å². The number of alkyl carbamates (subject to hydrolysis) is 1. The van der Waals surface area contributed by atoms with E-state index in [1.54, 1.807) is 20.8 Å². The first-order chi connectivity index (χ1) is 18.0. The summed E-state index contributed by atoms with van der Waals surface area (Å²) in [5.74, 6) is -1.79. The van der Waals surface area contributed by atoms with Crippen molar-refractivity contribution in [2.24, 2.45) is 0 Å². The van der Waals surface area contributed by atoms with E-state index in [0.717, 1.165) is 18.4 Å². The maximum absolute atomic E-state index is 13.2. The fourth-order valence-corrected chi connectivity index (χ4v) is 4.78. The number of aryl methyl sites for hydroxylation is 1. The number of hydrogen-bond acceptors (Lipinski definition) is 7. The first kappa shape index (κ1) is 28.9. The highest BCUT2D eigenvalue weighted by atomic mass is 16.6. The second kappa shape index (κ2) is 12.7. The molecule has 1 aliphatic carbocycles. The summed E-state index contributed by atoms with van der Waals surface area (Å²) in [6.45, 7) is 5.19. The molecule has 0 radical (unpaired) electrons. The zero-order chi connectivity index (χ0) is 27.9. The highest BCUT2D eigenvalue weighted by Gasteiger charge is 2.36. The molecule has 0 unspecified atom stereocenters. The van der Waals surface area contributed by atoms with E-state index in [-0.39, 0.29) is 25.4 Å². The van der Waals surface area contributed by atoms with Crippen LogP contribution in [0.1, 0.15) is 70.0 Å². The molecule has 1 aromatic rings. The van der Waals surface area contributed by atoms with Gasteiger partial charge in [0.25, 0.3) is 0 Å². The van der Waals surface area contributed by atoms with Gasteiger partial charge < -0.3 is 30.3 Å². The van der Waals surface area contributed by atoms with Crippen LogP contribution < -0.4 is 16.0 Å². The molecular weight excluding hydrogens is 492 g/mol. The molecule has 208 valence electrons. The van der Waals surface area contributed by atoms with Gasteiger partial charge in [0, 0.05) is 13.0 Å². The molecule has 11 heteroatoms. The molecule has 1 fully saturated rings. The third-order valence-corrected chi connectivity index (χ3v) is 6.61. The average molecular weight is 531 g/mol. The standard InChI is InChI=1S/C27H38N4O7/c1-27(2,3)38-26(36)28-16-22(32)31-15-7-10-21(31)25(35)30-20(13-14-23(33)37-4)24(34)29-19-12-11-17-8-5-6-9-18(17)19/h5-6,8-9,19-21H,7,10-16H2,1-4H3,(H,28,36)(H,29,34)(H,30,35)/t19-,20+,21+/m1/s1. The number of rotatable bonds is 9. The highest BCUT2D eigenvalue weighted by molar-refractivity contribution is 5.93. The van der Waals surface area contributed by atoms with Crippen molar-refractivity contribution >= 4 is 29.8 Å². The zero-order valence-electron chi connectivity index (χ0n) is 22.5. The smallest absolute Gasteiger partial charge is 0.408 e. The molecule has 0 spiro atoms. The van der Waals surface area contributed by atoms with Crippen LogP contribution in [0.15, 0.2) is 24.3 Å². The van der Waals surface area contributed by atoms with E-state index < -0.39 is 47.5 Å². The number of hydrogen-bond donors (Lipinski definition) is 3. The number of fused-ring (bicyclic) bond motifs is 1. The van der Waals surface area contributed by atoms with Crippen LogP contribution >= 0.6 is 0 Å². The lowest BCUT2D eigenvalue weighted by Crippen LogP contribution is -2.54. The van der Waals surface area contributed by atoms with Crippen molar-refractivity contribution in [3.8, 4) is 0 Å². The van der Waals surface area contributed by atoms with Gasteiger partial charge in [-0.3, -0.25) is 19.2 Å². The Morgan fingerprint density at radius 1 is 1.11 bits per heavy atom. The molecule has 0 aromatic heterocycles. The number of nitrogens with one attached hydrogen (secondary N) is 3. The van der Waals surface area contributed by atoms with Gasteiger partial charge in [-0.1, -0.05) is 24.3 Å². The average Bonchev–Trinajstić information content (AvgIpc) is 3.51. The third kappa shape index (κ3) is 7.93. The van der Waals surface area contributed by atoms with Crippen molar-refractivity contribution in [1.29, 1.82) is 0 Å². The SMILES string of the molecule is COC(=O)CC[C@H](NC(=O)[C@@H]1CCCN1C(=O)CNC(=O)OC(C)(C)C)C(=O)N[C@@H]1CCc2ccccc21. The van der Waals surface area contributed by atoms with Gasteiger partial charge in [0.05, 0.1) is 13.2 Å². The second-order valence-corrected chi connectivity index (χ2v) is 10.6. The lowest BCUT2D eigenvalue weighted by atomic mass is 10.1. The molecule has 3 N–H and O–H groups in total. The van der Waals surface area contributed by atoms with Crippen LogP contribution in [0.3, 0.4) is 0 Å². The maximum Gasteiger partial charge on any atom is 0.408 e. The Kier molecular flexibility index (Phi) is 9.71. The molecule has 1 aliphatic heterocycles. The van der Waals surface area contributed by atoms with Crippen LogP contribution in [0.4, 0.5) is 4.79 Å². The summed E-state index contributed by atoms with van der Waals surface area (Å²) in [7, 11) is 1.26. The normalized spacial score (nSPS) is 19.2. The Hall–Kier alpha value is -3.63. The van der Waals surface area contributed by atoms with Crippen LogP contribution in [0.5, 0.6) is 0 Å². The molecular formula is C27H38N4O7. The maximum atomic E-state index is 13.2. The molecule has 38 heavy (non-hydrogen) atoms. The summed E-state index contributed by atoms with van der Waals surface area (Å²) in [5.41, 5.74) is 1.51.